The van der Waals surface area contributed by atoms with Crippen molar-refractivity contribution in [1.29, 1.82) is 0 Å². The molecule has 2 aliphatic heterocycles. The second-order valence-electron chi connectivity index (χ2n) is 7.31. The minimum Gasteiger partial charge on any atom is -0.363 e. The number of hydrogen-bond donors (Lipinski definition) is 0. The van der Waals surface area contributed by atoms with E-state index in [9.17, 15) is 18.5 Å². The summed E-state index contributed by atoms with van der Waals surface area (Å²) >= 11 is 0. The van der Waals surface area contributed by atoms with Gasteiger partial charge in [-0.15, -0.1) is 0 Å². The molecule has 1 atom stereocenters. The van der Waals surface area contributed by atoms with E-state index in [0.29, 0.717) is 37.8 Å². The average molecular weight is 382 g/mol. The van der Waals surface area contributed by atoms with E-state index in [1.807, 2.05) is 18.9 Å². The molecule has 2 saturated heterocycles. The van der Waals surface area contributed by atoms with Gasteiger partial charge in [0.2, 0.25) is 10.0 Å². The van der Waals surface area contributed by atoms with Crippen molar-refractivity contribution in [3.63, 3.8) is 0 Å². The first kappa shape index (κ1) is 19.1. The molecular weight excluding hydrogens is 356 g/mol. The van der Waals surface area contributed by atoms with Gasteiger partial charge >= 0.3 is 0 Å². The molecule has 0 aliphatic carbocycles. The highest BCUT2D eigenvalue weighted by atomic mass is 32.2. The number of nitro groups is 1. The van der Waals surface area contributed by atoms with Gasteiger partial charge in [-0.3, -0.25) is 10.1 Å². The molecule has 8 nitrogen and oxygen atoms in total. The smallest absolute Gasteiger partial charge is 0.293 e. The van der Waals surface area contributed by atoms with Gasteiger partial charge in [0.05, 0.1) is 9.82 Å². The number of hydrogen-bond acceptors (Lipinski definition) is 6. The molecule has 0 saturated carbocycles. The third kappa shape index (κ3) is 3.84. The number of likely N-dealkylation sites (N-methyl/N-ethyl adjacent to an activating group) is 1. The van der Waals surface area contributed by atoms with Crippen LogP contribution in [0, 0.1) is 16.0 Å². The molecule has 0 bridgehead atoms. The van der Waals surface area contributed by atoms with Gasteiger partial charge in [0.1, 0.15) is 5.69 Å². The molecular formula is C17H26N4O4S. The van der Waals surface area contributed by atoms with Gasteiger partial charge in [-0.2, -0.15) is 4.31 Å². The van der Waals surface area contributed by atoms with Gasteiger partial charge in [-0.05, 0) is 37.9 Å². The Kier molecular flexibility index (Phi) is 5.50. The van der Waals surface area contributed by atoms with Crippen LogP contribution in [0.4, 0.5) is 11.4 Å². The molecule has 1 aromatic carbocycles. The predicted molar refractivity (Wildman–Crippen MR) is 100.0 cm³/mol. The fourth-order valence-corrected chi connectivity index (χ4v) is 5.26. The van der Waals surface area contributed by atoms with Crippen molar-refractivity contribution in [3.05, 3.63) is 28.3 Å². The van der Waals surface area contributed by atoms with Crippen molar-refractivity contribution in [2.24, 2.45) is 5.92 Å². The first-order chi connectivity index (χ1) is 12.3. The van der Waals surface area contributed by atoms with Crippen LogP contribution in [0.2, 0.25) is 0 Å². The van der Waals surface area contributed by atoms with Crippen molar-refractivity contribution < 1.29 is 13.3 Å². The first-order valence-corrected chi connectivity index (χ1v) is 10.4. The molecule has 1 aromatic rings. The van der Waals surface area contributed by atoms with E-state index in [-0.39, 0.29) is 10.6 Å². The Morgan fingerprint density at radius 3 is 2.46 bits per heavy atom. The second-order valence-corrected chi connectivity index (χ2v) is 9.25. The Morgan fingerprint density at radius 2 is 1.85 bits per heavy atom. The lowest BCUT2D eigenvalue weighted by Gasteiger charge is -2.34. The van der Waals surface area contributed by atoms with Crippen LogP contribution in [0.15, 0.2) is 23.1 Å². The van der Waals surface area contributed by atoms with Gasteiger partial charge in [0.15, 0.2) is 0 Å². The maximum Gasteiger partial charge on any atom is 0.293 e. The predicted octanol–water partition coefficient (Wildman–Crippen LogP) is 1.77. The lowest BCUT2D eigenvalue weighted by atomic mass is 10.0. The van der Waals surface area contributed by atoms with Crippen LogP contribution in [0.5, 0.6) is 0 Å². The summed E-state index contributed by atoms with van der Waals surface area (Å²) in [4.78, 5) is 15.2. The van der Waals surface area contributed by atoms with Crippen molar-refractivity contribution in [2.75, 3.05) is 51.2 Å². The fourth-order valence-electron chi connectivity index (χ4n) is 3.64. The standard InChI is InChI=1S/C17H26N4O4S/c1-14-4-3-7-20(13-14)26(24,25)15-5-6-16(17(12-15)21(22)23)19-10-8-18(2)9-11-19/h5-6,12,14H,3-4,7-11,13H2,1-2H3. The summed E-state index contributed by atoms with van der Waals surface area (Å²) in [5, 5.41) is 11.6. The van der Waals surface area contributed by atoms with Crippen molar-refractivity contribution in [2.45, 2.75) is 24.7 Å². The number of rotatable bonds is 4. The third-order valence-electron chi connectivity index (χ3n) is 5.25. The molecule has 144 valence electrons. The molecule has 0 N–H and O–H groups in total. The minimum atomic E-state index is -3.71. The Labute approximate surface area is 154 Å². The van der Waals surface area contributed by atoms with E-state index < -0.39 is 14.9 Å². The summed E-state index contributed by atoms with van der Waals surface area (Å²) in [5.74, 6) is 0.304. The number of sulfonamides is 1. The van der Waals surface area contributed by atoms with Crippen LogP contribution in [0.3, 0.4) is 0 Å². The largest absolute Gasteiger partial charge is 0.363 e. The van der Waals surface area contributed by atoms with E-state index in [1.54, 1.807) is 6.07 Å². The summed E-state index contributed by atoms with van der Waals surface area (Å²) < 4.78 is 27.3. The Hall–Kier alpha value is -1.71. The molecule has 26 heavy (non-hydrogen) atoms. The van der Waals surface area contributed by atoms with E-state index >= 15 is 0 Å². The second kappa shape index (κ2) is 7.50. The number of piperazine rings is 1. The van der Waals surface area contributed by atoms with Gasteiger partial charge < -0.3 is 9.80 Å². The molecule has 2 fully saturated rings. The average Bonchev–Trinajstić information content (AvgIpc) is 2.62. The number of piperidine rings is 1. The van der Waals surface area contributed by atoms with Crippen LogP contribution < -0.4 is 4.90 Å². The molecule has 2 aliphatic rings. The highest BCUT2D eigenvalue weighted by Crippen LogP contribution is 2.33. The number of nitro benzene ring substituents is 1. The first-order valence-electron chi connectivity index (χ1n) is 9.01. The fraction of sp³-hybridized carbons (Fsp3) is 0.647. The molecule has 3 rings (SSSR count). The lowest BCUT2D eigenvalue weighted by Crippen LogP contribution is -2.44. The highest BCUT2D eigenvalue weighted by molar-refractivity contribution is 7.89. The van der Waals surface area contributed by atoms with E-state index in [0.717, 1.165) is 25.9 Å². The maximum absolute atomic E-state index is 12.9. The van der Waals surface area contributed by atoms with Crippen LogP contribution in [-0.4, -0.2) is 68.9 Å². The normalized spacial score (nSPS) is 23.2. The molecule has 2 heterocycles. The van der Waals surface area contributed by atoms with Crippen LogP contribution >= 0.6 is 0 Å². The number of benzene rings is 1. The SMILES string of the molecule is CC1CCCN(S(=O)(=O)c2ccc(N3CCN(C)CC3)c([N+](=O)[O-])c2)C1. The van der Waals surface area contributed by atoms with Gasteiger partial charge in [0.25, 0.3) is 5.69 Å². The quantitative estimate of drug-likeness (QED) is 0.583. The molecule has 0 spiro atoms. The summed E-state index contributed by atoms with van der Waals surface area (Å²) in [6.45, 7) is 5.99. The molecule has 1 unspecified atom stereocenters. The van der Waals surface area contributed by atoms with Crippen LogP contribution in [-0.2, 0) is 10.0 Å². The number of anilines is 1. The van der Waals surface area contributed by atoms with Crippen molar-refractivity contribution in [1.82, 2.24) is 9.21 Å². The van der Waals surface area contributed by atoms with E-state index in [2.05, 4.69) is 4.90 Å². The molecule has 0 amide bonds. The topological polar surface area (TPSA) is 87.0 Å². The zero-order valence-corrected chi connectivity index (χ0v) is 16.1. The van der Waals surface area contributed by atoms with Crippen LogP contribution in [0.1, 0.15) is 19.8 Å². The molecule has 0 aromatic heterocycles. The summed E-state index contributed by atoms with van der Waals surface area (Å²) in [7, 11) is -1.69. The lowest BCUT2D eigenvalue weighted by molar-refractivity contribution is -0.384. The Bertz CT molecular complexity index is 775. The minimum absolute atomic E-state index is 0.0103. The monoisotopic (exact) mass is 382 g/mol. The summed E-state index contributed by atoms with van der Waals surface area (Å²) in [5.41, 5.74) is 0.356. The third-order valence-corrected chi connectivity index (χ3v) is 7.11. The number of nitrogens with zero attached hydrogens (tertiary/aromatic N) is 4. The van der Waals surface area contributed by atoms with Crippen molar-refractivity contribution >= 4 is 21.4 Å². The van der Waals surface area contributed by atoms with Crippen molar-refractivity contribution in [3.8, 4) is 0 Å². The zero-order valence-electron chi connectivity index (χ0n) is 15.3. The van der Waals surface area contributed by atoms with E-state index in [4.69, 9.17) is 0 Å². The summed E-state index contributed by atoms with van der Waals surface area (Å²) in [6, 6.07) is 4.32. The Morgan fingerprint density at radius 1 is 1.15 bits per heavy atom. The molecule has 9 heteroatoms. The van der Waals surface area contributed by atoms with Gasteiger partial charge in [-0.25, -0.2) is 8.42 Å². The highest BCUT2D eigenvalue weighted by Gasteiger charge is 2.31. The van der Waals surface area contributed by atoms with Crippen LogP contribution in [0.25, 0.3) is 0 Å². The molecule has 0 radical (unpaired) electrons. The van der Waals surface area contributed by atoms with Gasteiger partial charge in [-0.1, -0.05) is 6.92 Å². The maximum atomic E-state index is 12.9. The van der Waals surface area contributed by atoms with Gasteiger partial charge in [0, 0.05) is 45.3 Å². The summed E-state index contributed by atoms with van der Waals surface area (Å²) in [6.07, 6.45) is 1.83. The zero-order chi connectivity index (χ0) is 18.9. The van der Waals surface area contributed by atoms with E-state index in [1.165, 1.54) is 16.4 Å². The Balaban J connectivity index is 1.92.